The molecular formula is C60H66F3N30O31P6S2-3. The molecule has 0 saturated carbocycles. The maximum atomic E-state index is 15.9. The third kappa shape index (κ3) is 17.6. The lowest BCUT2D eigenvalue weighted by molar-refractivity contribution is -0.237. The van der Waals surface area contributed by atoms with Gasteiger partial charge in [-0.1, -0.05) is 12.2 Å². The van der Waals surface area contributed by atoms with Crippen LogP contribution in [0.5, 0.6) is 0 Å². The number of rotatable bonds is 6. The number of anilines is 6. The molecule has 0 amide bonds. The zero-order chi connectivity index (χ0) is 92.9. The first-order valence-electron chi connectivity index (χ1n) is 38.1. The first-order chi connectivity index (χ1) is 62.8. The Morgan fingerprint density at radius 3 is 0.841 bits per heavy atom. The summed E-state index contributed by atoms with van der Waals surface area (Å²) in [6, 6.07) is 0. The Labute approximate surface area is 740 Å². The molecule has 21 heterocycles. The summed E-state index contributed by atoms with van der Waals surface area (Å²) in [6.45, 7) is -13.4. The first kappa shape index (κ1) is 92.1. The van der Waals surface area contributed by atoms with Gasteiger partial charge < -0.3 is 134 Å². The summed E-state index contributed by atoms with van der Waals surface area (Å²) < 4.78 is 217. The van der Waals surface area contributed by atoms with Crippen molar-refractivity contribution in [2.24, 2.45) is 0 Å². The van der Waals surface area contributed by atoms with Gasteiger partial charge in [0.15, 0.2) is 125 Å². The number of thiol groups is 1. The van der Waals surface area contributed by atoms with Crippen LogP contribution < -0.4 is 49.1 Å². The second kappa shape index (κ2) is 35.3. The highest BCUT2D eigenvalue weighted by molar-refractivity contribution is 8.44. The number of halogens is 3. The minimum absolute atomic E-state index is 0.000113. The molecule has 0 aliphatic carbocycles. The van der Waals surface area contributed by atoms with E-state index in [0.717, 1.165) is 36.2 Å². The van der Waals surface area contributed by atoms with E-state index in [-0.39, 0.29) is 102 Å². The molecule has 9 aliphatic heterocycles. The van der Waals surface area contributed by atoms with E-state index in [1.165, 1.54) is 67.1 Å². The lowest BCUT2D eigenvalue weighted by atomic mass is 10.1. The number of phosphoric ester groups is 4. The maximum absolute atomic E-state index is 15.9. The Morgan fingerprint density at radius 1 is 0.326 bits per heavy atom. The Hall–Kier alpha value is -9.00. The summed E-state index contributed by atoms with van der Waals surface area (Å²) in [5.41, 5.74) is 36.7. The molecule has 9 fully saturated rings. The van der Waals surface area contributed by atoms with Gasteiger partial charge >= 0.3 is 21.3 Å². The number of phosphoric acid groups is 4. The van der Waals surface area contributed by atoms with E-state index < -0.39 is 232 Å². The molecular weight excluding hydrogens is 1940 g/mol. The smallest absolute Gasteiger partial charge is 0.472 e. The number of fused-ring (bicyclic) bond motifs is 12. The second-order valence-corrected chi connectivity index (χ2v) is 40.8. The molecule has 0 spiro atoms. The van der Waals surface area contributed by atoms with E-state index in [1.54, 1.807) is 0 Å². The van der Waals surface area contributed by atoms with Gasteiger partial charge in [0.1, 0.15) is 163 Å². The van der Waals surface area contributed by atoms with Crippen molar-refractivity contribution in [3.05, 3.63) is 75.9 Å². The number of nitrogens with two attached hydrogens (primary N) is 6. The van der Waals surface area contributed by atoms with E-state index in [1.807, 2.05) is 0 Å². The van der Waals surface area contributed by atoms with Gasteiger partial charge in [-0.05, 0) is 11.8 Å². The van der Waals surface area contributed by atoms with E-state index >= 15 is 13.2 Å². The molecule has 6 unspecified atom stereocenters. The van der Waals surface area contributed by atoms with Gasteiger partial charge in [-0.3, -0.25) is 63.7 Å². The molecule has 0 bridgehead atoms. The van der Waals surface area contributed by atoms with Crippen LogP contribution in [0.25, 0.3) is 67.0 Å². The summed E-state index contributed by atoms with van der Waals surface area (Å²) in [5.74, 6) is 0.208. The number of ether oxygens (including phenoxy) is 6. The number of nitrogens with zero attached hydrogens (tertiary/aromatic N) is 24. The van der Waals surface area contributed by atoms with E-state index in [9.17, 15) is 62.6 Å². The lowest BCUT2D eigenvalue weighted by Gasteiger charge is -2.32. The quantitative estimate of drug-likeness (QED) is 0.0590. The van der Waals surface area contributed by atoms with Crippen LogP contribution in [0.15, 0.2) is 75.9 Å². The highest BCUT2D eigenvalue weighted by Crippen LogP contribution is 2.60. The van der Waals surface area contributed by atoms with Gasteiger partial charge in [0.2, 0.25) is 0 Å². The first-order valence-corrected chi connectivity index (χ1v) is 49.3. The number of nitrogen functional groups attached to an aromatic ring is 6. The van der Waals surface area contributed by atoms with Crippen LogP contribution in [0.4, 0.5) is 48.1 Å². The molecule has 17 N–H and O–H groups in total. The number of imidazole rings is 6. The van der Waals surface area contributed by atoms with Crippen molar-refractivity contribution >= 4 is 171 Å². The average molecular weight is 2010 g/mol. The second-order valence-electron chi connectivity index (χ2n) is 29.6. The summed E-state index contributed by atoms with van der Waals surface area (Å²) in [7, 11) is -21.0. The van der Waals surface area contributed by atoms with Crippen molar-refractivity contribution in [1.82, 2.24) is 117 Å². The zero-order valence-electron chi connectivity index (χ0n) is 65.7. The van der Waals surface area contributed by atoms with E-state index in [2.05, 4.69) is 102 Å². The number of aromatic nitrogens is 24. The summed E-state index contributed by atoms with van der Waals surface area (Å²) in [6.07, 6.45) is -24.8. The third-order valence-electron chi connectivity index (χ3n) is 21.6. The minimum atomic E-state index is -5.33. The molecule has 61 nitrogen and oxygen atoms in total. The van der Waals surface area contributed by atoms with Crippen LogP contribution in [-0.4, -0.2) is 292 Å². The molecule has 9 saturated heterocycles. The molecule has 132 heavy (non-hydrogen) atoms. The monoisotopic (exact) mass is 2010 g/mol. The van der Waals surface area contributed by atoms with Crippen molar-refractivity contribution in [3.63, 3.8) is 0 Å². The van der Waals surface area contributed by atoms with Crippen molar-refractivity contribution in [2.45, 2.75) is 147 Å². The van der Waals surface area contributed by atoms with Crippen molar-refractivity contribution in [2.75, 3.05) is 74.0 Å². The highest BCUT2D eigenvalue weighted by atomic mass is 32.7. The summed E-state index contributed by atoms with van der Waals surface area (Å²) in [4.78, 5) is 132. The standard InChI is InChI=1S/C20H23FN10O11P2.2C20H23FN10O10P2S/c21-9-13-7(39-19(9)30-5-28-10-15(22)24-3-26-17(10)30)1-37-44(35,36)42-14-8(2-38-43(33,34)41-13)40-20(12(14)32)31-6-29-11-16(23)25-4-27-18(11)31;2*21-9-13-7(38-19(9)30-5-28-10-15(22)24-3-26-17(10)30)2-37-43(35,44)41-14-8(1-36-42(33,34)40-13)39-20(12(14)32)31-6-29-11-16(23)25-4-27-18(11)31/h3-9,12-14,19-20,32H,1-2H2,(H,33,34)(H,35,36)(H2,22,24,26)(H2,23,25,27);2*3-9,12-14,19-20,32H,1-2H2,(H,33,34)(H,35,44)(H2,22,24,26)(H2,23,25,27)/p-3/t7-,8-,9-,12-,13-,14-,19-,20-;2*7-,8-,9-,12-,13-,14-,19-,20-,43?/m111/s1. The number of aliphatic hydroxyl groups excluding tert-OH is 3. The van der Waals surface area contributed by atoms with Crippen molar-refractivity contribution < 1.29 is 158 Å². The fourth-order valence-electron chi connectivity index (χ4n) is 15.6. The minimum Gasteiger partial charge on any atom is -0.756 e. The highest BCUT2D eigenvalue weighted by Gasteiger charge is 2.58. The Balaban J connectivity index is 0.000000128. The predicted octanol–water partition coefficient (Wildman–Crippen LogP) is -2.81. The van der Waals surface area contributed by atoms with Crippen LogP contribution in [0, 0.1) is 0 Å². The molecule has 12 aromatic rings. The molecule has 708 valence electrons. The third-order valence-corrected chi connectivity index (χ3v) is 28.7. The molecule has 21 rings (SSSR count). The van der Waals surface area contributed by atoms with Gasteiger partial charge in [0, 0.05) is 0 Å². The Morgan fingerprint density at radius 2 is 0.553 bits per heavy atom. The number of aliphatic hydroxyl groups is 3. The molecule has 30 atom stereocenters. The Bertz CT molecular complexity index is 5730. The zero-order valence-corrected chi connectivity index (χ0v) is 72.8. The molecule has 12 aromatic heterocycles. The van der Waals surface area contributed by atoms with Gasteiger partial charge in [0.25, 0.3) is 23.5 Å². The largest absolute Gasteiger partial charge is 0.756 e. The Kier molecular flexibility index (Phi) is 24.6. The normalized spacial score (nSPS) is 38.3. The van der Waals surface area contributed by atoms with Crippen LogP contribution in [-0.2, 0) is 117 Å². The van der Waals surface area contributed by atoms with Gasteiger partial charge in [-0.25, -0.2) is 112 Å². The summed E-state index contributed by atoms with van der Waals surface area (Å²) in [5, 5.41) is 33.4. The van der Waals surface area contributed by atoms with Gasteiger partial charge in [0.05, 0.1) is 77.6 Å². The lowest BCUT2D eigenvalue weighted by Crippen LogP contribution is -2.39. The summed E-state index contributed by atoms with van der Waals surface area (Å²) >= 11 is 9.16. The van der Waals surface area contributed by atoms with Crippen molar-refractivity contribution in [3.8, 4) is 0 Å². The van der Waals surface area contributed by atoms with Crippen molar-refractivity contribution in [1.29, 1.82) is 0 Å². The van der Waals surface area contributed by atoms with E-state index in [4.69, 9.17) is 129 Å². The predicted molar refractivity (Wildman–Crippen MR) is 425 cm³/mol. The average Bonchev–Trinajstić information content (AvgIpc) is 1.62. The number of hydrogen-bond donors (Lipinski definition) is 12. The molecule has 0 aromatic carbocycles. The molecule has 72 heteroatoms. The number of alkyl halides is 3. The van der Waals surface area contributed by atoms with Crippen LogP contribution >= 0.6 is 57.1 Å². The molecule has 0 radical (unpaired) electrons. The van der Waals surface area contributed by atoms with Gasteiger partial charge in [-0.2, -0.15) is 0 Å². The number of hydrogen-bond acceptors (Lipinski definition) is 54. The molecule has 9 aliphatic rings. The van der Waals surface area contributed by atoms with E-state index in [0.29, 0.717) is 0 Å². The van der Waals surface area contributed by atoms with Crippen LogP contribution in [0.3, 0.4) is 0 Å². The van der Waals surface area contributed by atoms with Crippen LogP contribution in [0.1, 0.15) is 37.4 Å². The van der Waals surface area contributed by atoms with Crippen LogP contribution in [0.2, 0.25) is 0 Å². The SMILES string of the molecule is Nc1ncnc2c1ncn2[C@@H]1O[C@@H]2COP(=O)([O-])O[C@H]3[C@@H](F)[C@H](n4cnc5c(N)ncnc54)O[C@@H]3COP(=O)(O)O[C@H]2[C@H]1O.Nc1ncnc2c1ncn2[C@@H]1O[C@@H]2COP(=O)([O-])O[C@H]3[C@@H](F)[C@H](n4cnc5c(N)ncnc54)O[C@@H]3COP(=O)(S)O[C@H]2[C@H]1O.Nc1ncnc2c1ncn2[C@@H]1O[C@@H]2COP(=O)([O-])O[C@H]3[C@@H](F)[C@H](n4cnc5c(N)ncnc54)O[C@@H]3COP(O)(=S)O[C@H]2[C@H]1O. The fourth-order valence-corrected chi connectivity index (χ4v) is 22.3. The van der Waals surface area contributed by atoms with Gasteiger partial charge in [-0.15, -0.1) is 0 Å². The maximum Gasteiger partial charge on any atom is 0.472 e. The fraction of sp³-hybridized carbons (Fsp3) is 0.500. The topological polar surface area (TPSA) is 840 Å².